The second-order valence-corrected chi connectivity index (χ2v) is 8.15. The molecule has 1 fully saturated rings. The zero-order valence-electron chi connectivity index (χ0n) is 17.2. The highest BCUT2D eigenvalue weighted by Crippen LogP contribution is 2.48. The Balaban J connectivity index is 2.19. The zero-order valence-corrected chi connectivity index (χ0v) is 18.7. The van der Waals surface area contributed by atoms with Crippen LogP contribution in [-0.4, -0.2) is 63.7 Å². The summed E-state index contributed by atoms with van der Waals surface area (Å²) in [6.45, 7) is 1.90. The van der Waals surface area contributed by atoms with Gasteiger partial charge >= 0.3 is 0 Å². The zero-order chi connectivity index (χ0) is 20.6. The number of likely N-dealkylation sites (N-methyl/N-ethyl adjacent to an activating group) is 1. The molecule has 6 nitrogen and oxygen atoms in total. The second-order valence-electron chi connectivity index (χ2n) is 7.29. The summed E-state index contributed by atoms with van der Waals surface area (Å²) in [5, 5.41) is 12.2. The maximum absolute atomic E-state index is 10.5. The summed E-state index contributed by atoms with van der Waals surface area (Å²) in [7, 11) is 8.88. The summed E-state index contributed by atoms with van der Waals surface area (Å²) >= 11 is 3.57. The van der Waals surface area contributed by atoms with Gasteiger partial charge < -0.3 is 29.0 Å². The third kappa shape index (κ3) is 3.56. The molecule has 1 aliphatic rings. The fourth-order valence-electron chi connectivity index (χ4n) is 4.03. The predicted molar refractivity (Wildman–Crippen MR) is 113 cm³/mol. The van der Waals surface area contributed by atoms with E-state index in [4.69, 9.17) is 18.9 Å². The molecule has 7 heteroatoms. The molecule has 28 heavy (non-hydrogen) atoms. The molecule has 2 aromatic rings. The Hall–Kier alpha value is -1.54. The van der Waals surface area contributed by atoms with Crippen LogP contribution < -0.4 is 14.2 Å². The number of nitrogens with zero attached hydrogens (tertiary/aromatic N) is 1. The highest BCUT2D eigenvalue weighted by Gasteiger charge is 2.38. The van der Waals surface area contributed by atoms with Crippen LogP contribution >= 0.6 is 15.9 Å². The number of aliphatic hydroxyl groups is 1. The van der Waals surface area contributed by atoms with E-state index < -0.39 is 6.10 Å². The van der Waals surface area contributed by atoms with Crippen molar-refractivity contribution in [1.82, 2.24) is 4.90 Å². The normalized spacial score (nSPS) is 25.2. The fourth-order valence-corrected chi connectivity index (χ4v) is 4.60. The Kier molecular flexibility index (Phi) is 6.39. The van der Waals surface area contributed by atoms with Crippen molar-refractivity contribution in [3.8, 4) is 17.2 Å². The number of halogens is 1. The number of ether oxygens (including phenoxy) is 4. The summed E-state index contributed by atoms with van der Waals surface area (Å²) < 4.78 is 24.0. The molecule has 0 aromatic heterocycles. The van der Waals surface area contributed by atoms with Gasteiger partial charge in [0.25, 0.3) is 0 Å². The van der Waals surface area contributed by atoms with Gasteiger partial charge in [0.2, 0.25) is 0 Å². The smallest absolute Gasteiger partial charge is 0.144 e. The first kappa shape index (κ1) is 21.2. The number of methoxy groups -OCH3 is 3. The van der Waals surface area contributed by atoms with E-state index in [9.17, 15) is 5.11 Å². The highest BCUT2D eigenvalue weighted by atomic mass is 79.9. The lowest BCUT2D eigenvalue weighted by Crippen LogP contribution is -2.50. The first-order chi connectivity index (χ1) is 13.3. The first-order valence-electron chi connectivity index (χ1n) is 9.25. The first-order valence-corrected chi connectivity index (χ1v) is 10.0. The Morgan fingerprint density at radius 1 is 1.11 bits per heavy atom. The molecular formula is C21H28BrNO5. The standard InChI is InChI=1S/C21H28BrNO5/c1-11-19(24)15(23(2)3)10-17(28-11)13-8-7-12-16(25-4)9-14(22)21(27-6)18(12)20(13)26-5/h7-9,11,15,17,19,24H,10H2,1-6H3/t11-,15-,17-,19-/m1/s1. The number of aliphatic hydroxyl groups excluding tert-OH is 1. The van der Waals surface area contributed by atoms with Crippen molar-refractivity contribution in [2.24, 2.45) is 0 Å². The third-order valence-corrected chi connectivity index (χ3v) is 6.09. The fraction of sp³-hybridized carbons (Fsp3) is 0.524. The van der Waals surface area contributed by atoms with Crippen LogP contribution in [0.25, 0.3) is 10.8 Å². The van der Waals surface area contributed by atoms with Crippen LogP contribution in [0.1, 0.15) is 25.0 Å². The molecule has 0 radical (unpaired) electrons. The minimum atomic E-state index is -0.540. The minimum Gasteiger partial charge on any atom is -0.496 e. The van der Waals surface area contributed by atoms with Crippen LogP contribution in [0.3, 0.4) is 0 Å². The maximum Gasteiger partial charge on any atom is 0.144 e. The lowest BCUT2D eigenvalue weighted by molar-refractivity contribution is -0.142. The summed E-state index contributed by atoms with van der Waals surface area (Å²) in [6, 6.07) is 5.90. The van der Waals surface area contributed by atoms with Crippen LogP contribution in [-0.2, 0) is 4.74 Å². The van der Waals surface area contributed by atoms with Crippen LogP contribution in [0.15, 0.2) is 22.7 Å². The van der Waals surface area contributed by atoms with Crippen LogP contribution in [0.2, 0.25) is 0 Å². The van der Waals surface area contributed by atoms with Crippen molar-refractivity contribution in [2.75, 3.05) is 35.4 Å². The maximum atomic E-state index is 10.5. The van der Waals surface area contributed by atoms with Crippen molar-refractivity contribution < 1.29 is 24.1 Å². The molecule has 1 aliphatic heterocycles. The molecule has 0 amide bonds. The van der Waals surface area contributed by atoms with Gasteiger partial charge in [-0.25, -0.2) is 0 Å². The Labute approximate surface area is 174 Å². The molecule has 1 heterocycles. The molecule has 0 saturated carbocycles. The van der Waals surface area contributed by atoms with Gasteiger partial charge in [-0.1, -0.05) is 6.07 Å². The number of rotatable bonds is 5. The van der Waals surface area contributed by atoms with E-state index in [0.29, 0.717) is 17.9 Å². The lowest BCUT2D eigenvalue weighted by Gasteiger charge is -2.41. The quantitative estimate of drug-likeness (QED) is 0.743. The van der Waals surface area contributed by atoms with E-state index >= 15 is 0 Å². The van der Waals surface area contributed by atoms with Crippen molar-refractivity contribution in [3.63, 3.8) is 0 Å². The topological polar surface area (TPSA) is 60.4 Å². The van der Waals surface area contributed by atoms with Gasteiger partial charge in [0.05, 0.1) is 49.5 Å². The molecule has 4 atom stereocenters. The molecule has 3 rings (SSSR count). The Bertz CT molecular complexity index is 857. The number of hydrogen-bond donors (Lipinski definition) is 1. The van der Waals surface area contributed by atoms with E-state index in [0.717, 1.165) is 26.6 Å². The summed E-state index contributed by atoms with van der Waals surface area (Å²) in [5.41, 5.74) is 0.930. The third-order valence-electron chi connectivity index (χ3n) is 5.50. The Morgan fingerprint density at radius 2 is 1.79 bits per heavy atom. The summed E-state index contributed by atoms with van der Waals surface area (Å²) in [5.74, 6) is 2.11. The molecule has 2 aromatic carbocycles. The van der Waals surface area contributed by atoms with Gasteiger partial charge in [0, 0.05) is 17.0 Å². The lowest BCUT2D eigenvalue weighted by atomic mass is 9.90. The average molecular weight is 454 g/mol. The number of benzene rings is 2. The molecule has 0 bridgehead atoms. The van der Waals surface area contributed by atoms with Crippen molar-refractivity contribution in [3.05, 3.63) is 28.2 Å². The molecule has 154 valence electrons. The van der Waals surface area contributed by atoms with Crippen molar-refractivity contribution in [1.29, 1.82) is 0 Å². The van der Waals surface area contributed by atoms with E-state index in [2.05, 4.69) is 15.9 Å². The second kappa shape index (κ2) is 8.45. The average Bonchev–Trinajstić information content (AvgIpc) is 2.68. The molecule has 1 saturated heterocycles. The van der Waals surface area contributed by atoms with E-state index in [1.54, 1.807) is 21.3 Å². The predicted octanol–water partition coefficient (Wildman–Crippen LogP) is 3.77. The monoisotopic (exact) mass is 453 g/mol. The van der Waals surface area contributed by atoms with Gasteiger partial charge in [-0.2, -0.15) is 0 Å². The van der Waals surface area contributed by atoms with Gasteiger partial charge in [-0.05, 0) is 55.5 Å². The molecule has 0 aliphatic carbocycles. The summed E-state index contributed by atoms with van der Waals surface area (Å²) in [4.78, 5) is 2.05. The number of hydrogen-bond acceptors (Lipinski definition) is 6. The van der Waals surface area contributed by atoms with Crippen LogP contribution in [0.5, 0.6) is 17.2 Å². The SMILES string of the molecule is COc1cc(Br)c(OC)c2c(OC)c([C@H]3C[C@@H](N(C)C)[C@H](O)[C@@H](C)O3)ccc12. The molecule has 0 unspecified atom stereocenters. The van der Waals surface area contributed by atoms with Crippen LogP contribution in [0, 0.1) is 0 Å². The van der Waals surface area contributed by atoms with Gasteiger partial charge in [-0.3, -0.25) is 0 Å². The number of fused-ring (bicyclic) bond motifs is 1. The molecule has 0 spiro atoms. The molecule has 1 N–H and O–H groups in total. The highest BCUT2D eigenvalue weighted by molar-refractivity contribution is 9.10. The minimum absolute atomic E-state index is 0.00639. The van der Waals surface area contributed by atoms with Gasteiger partial charge in [0.1, 0.15) is 17.2 Å². The summed E-state index contributed by atoms with van der Waals surface area (Å²) in [6.07, 6.45) is -0.375. The van der Waals surface area contributed by atoms with Gasteiger partial charge in [-0.15, -0.1) is 0 Å². The molecular weight excluding hydrogens is 426 g/mol. The van der Waals surface area contributed by atoms with E-state index in [-0.39, 0.29) is 18.2 Å². The van der Waals surface area contributed by atoms with E-state index in [1.807, 2.05) is 44.1 Å². The largest absolute Gasteiger partial charge is 0.496 e. The van der Waals surface area contributed by atoms with Gasteiger partial charge in [0.15, 0.2) is 0 Å². The Morgan fingerprint density at radius 3 is 2.36 bits per heavy atom. The van der Waals surface area contributed by atoms with Crippen LogP contribution in [0.4, 0.5) is 0 Å². The van der Waals surface area contributed by atoms with Crippen molar-refractivity contribution >= 4 is 26.7 Å². The van der Waals surface area contributed by atoms with Crippen molar-refractivity contribution in [2.45, 2.75) is 37.7 Å². The van der Waals surface area contributed by atoms with E-state index in [1.165, 1.54) is 0 Å².